The van der Waals surface area contributed by atoms with Crippen molar-refractivity contribution in [1.82, 2.24) is 10.0 Å². The van der Waals surface area contributed by atoms with Crippen LogP contribution in [0.1, 0.15) is 35.1 Å². The first-order valence-electron chi connectivity index (χ1n) is 9.69. The van der Waals surface area contributed by atoms with Crippen LogP contribution in [-0.2, 0) is 40.4 Å². The van der Waals surface area contributed by atoms with Gasteiger partial charge in [0, 0.05) is 18.4 Å². The van der Waals surface area contributed by atoms with E-state index in [1.165, 1.54) is 11.1 Å². The molecule has 9 nitrogen and oxygen atoms in total. The number of nitrogens with one attached hydrogen (secondary N) is 4. The van der Waals surface area contributed by atoms with Crippen LogP contribution < -0.4 is 15.4 Å². The molecular formula is C19H24N4O5S. The van der Waals surface area contributed by atoms with E-state index in [-0.39, 0.29) is 19.0 Å². The summed E-state index contributed by atoms with van der Waals surface area (Å²) >= 11 is 0. The number of β-amino-alcohol motifs (C(OH)–C–C–N with tert-alkyl or cyclic N) is 1. The van der Waals surface area contributed by atoms with Crippen molar-refractivity contribution >= 4 is 28.0 Å². The zero-order chi connectivity index (χ0) is 20.6. The summed E-state index contributed by atoms with van der Waals surface area (Å²) in [4.78, 5) is 12.1. The Bertz CT molecular complexity index is 960. The summed E-state index contributed by atoms with van der Waals surface area (Å²) in [6.45, 7) is 0.000355. The molecule has 0 aromatic heterocycles. The molecule has 5 N–H and O–H groups in total. The Morgan fingerprint density at radius 3 is 2.41 bits per heavy atom. The van der Waals surface area contributed by atoms with Gasteiger partial charge in [0.1, 0.15) is 12.7 Å². The molecule has 1 atom stereocenters. The number of fused-ring (bicyclic) bond motifs is 2. The Labute approximate surface area is 169 Å². The standard InChI is InChI=1S/C19H24N4O5S/c20-8-16(18-21-9-13(24)10-28-18)29(26,27)23-19(25)22-17-14-5-1-3-11(14)7-12-4-2-6-15(12)17/h7-8,13,20-21,24H,1-6,9-10H2,(H2,22,23,25)/b18-16-,20-8?/t13-/m1/s1. The number of aliphatic hydroxyl groups is 1. The number of allylic oxidation sites excluding steroid dienone is 1. The summed E-state index contributed by atoms with van der Waals surface area (Å²) < 4.78 is 32.4. The highest BCUT2D eigenvalue weighted by molar-refractivity contribution is 7.94. The zero-order valence-corrected chi connectivity index (χ0v) is 16.7. The highest BCUT2D eigenvalue weighted by atomic mass is 32.2. The van der Waals surface area contributed by atoms with Crippen LogP contribution in [0.4, 0.5) is 10.5 Å². The molecule has 1 aliphatic heterocycles. The molecule has 3 aliphatic rings. The van der Waals surface area contributed by atoms with Gasteiger partial charge in [0.2, 0.25) is 5.88 Å². The summed E-state index contributed by atoms with van der Waals surface area (Å²) in [7, 11) is -4.33. The lowest BCUT2D eigenvalue weighted by Gasteiger charge is -2.24. The molecule has 29 heavy (non-hydrogen) atoms. The molecule has 1 aromatic carbocycles. The average Bonchev–Trinajstić information content (AvgIpc) is 3.32. The van der Waals surface area contributed by atoms with Crippen LogP contribution in [0.5, 0.6) is 0 Å². The van der Waals surface area contributed by atoms with Crippen molar-refractivity contribution in [3.63, 3.8) is 0 Å². The number of urea groups is 1. The van der Waals surface area contributed by atoms with Crippen molar-refractivity contribution in [2.45, 2.75) is 44.6 Å². The Hall–Kier alpha value is -2.59. The van der Waals surface area contributed by atoms with Crippen molar-refractivity contribution < 1.29 is 23.1 Å². The van der Waals surface area contributed by atoms with E-state index in [1.807, 2.05) is 4.72 Å². The summed E-state index contributed by atoms with van der Waals surface area (Å²) in [5.74, 6) is -0.160. The van der Waals surface area contributed by atoms with Gasteiger partial charge in [-0.25, -0.2) is 17.9 Å². The van der Waals surface area contributed by atoms with Gasteiger partial charge in [0.05, 0.1) is 0 Å². The van der Waals surface area contributed by atoms with Crippen LogP contribution in [0, 0.1) is 5.41 Å². The SMILES string of the molecule is N=C/C(=C1\NC[C@@H](O)CO1)S(=O)(=O)NC(=O)Nc1c2c(cc3c1CCC3)CCC2. The van der Waals surface area contributed by atoms with Crippen molar-refractivity contribution in [1.29, 1.82) is 5.41 Å². The Kier molecular flexibility index (Phi) is 5.22. The molecule has 156 valence electrons. The number of benzene rings is 1. The number of aryl methyl sites for hydroxylation is 2. The third-order valence-corrected chi connectivity index (χ3v) is 6.84. The number of rotatable bonds is 4. The minimum absolute atomic E-state index is 0.0936. The van der Waals surface area contributed by atoms with Crippen LogP contribution in [0.25, 0.3) is 0 Å². The van der Waals surface area contributed by atoms with Gasteiger partial charge >= 0.3 is 6.03 Å². The molecule has 0 unspecified atom stereocenters. The predicted molar refractivity (Wildman–Crippen MR) is 107 cm³/mol. The van der Waals surface area contributed by atoms with E-state index in [0.29, 0.717) is 6.21 Å². The maximum Gasteiger partial charge on any atom is 0.333 e. The van der Waals surface area contributed by atoms with Gasteiger partial charge in [0.25, 0.3) is 10.0 Å². The molecule has 0 radical (unpaired) electrons. The fraction of sp³-hybridized carbons (Fsp3) is 0.474. The monoisotopic (exact) mass is 420 g/mol. The molecular weight excluding hydrogens is 396 g/mol. The first kappa shape index (κ1) is 19.7. The number of carbonyl (C=O) groups excluding carboxylic acids is 1. The quantitative estimate of drug-likeness (QED) is 0.459. The first-order valence-corrected chi connectivity index (χ1v) is 11.2. The van der Waals surface area contributed by atoms with E-state index in [1.54, 1.807) is 0 Å². The van der Waals surface area contributed by atoms with Crippen LogP contribution in [-0.4, -0.2) is 45.0 Å². The Morgan fingerprint density at radius 1 is 1.21 bits per heavy atom. The van der Waals surface area contributed by atoms with Gasteiger partial charge < -0.3 is 25.9 Å². The van der Waals surface area contributed by atoms with Gasteiger partial charge in [-0.3, -0.25) is 0 Å². The zero-order valence-electron chi connectivity index (χ0n) is 15.9. The van der Waals surface area contributed by atoms with Crippen LogP contribution in [0.15, 0.2) is 16.9 Å². The number of aliphatic hydroxyl groups excluding tert-OH is 1. The second-order valence-corrected chi connectivity index (χ2v) is 9.13. The Balaban J connectivity index is 1.56. The largest absolute Gasteiger partial charge is 0.475 e. The van der Waals surface area contributed by atoms with E-state index in [9.17, 15) is 18.3 Å². The molecule has 1 heterocycles. The molecule has 0 spiro atoms. The van der Waals surface area contributed by atoms with E-state index in [4.69, 9.17) is 10.1 Å². The number of hydrogen-bond donors (Lipinski definition) is 5. The molecule has 0 bridgehead atoms. The maximum absolute atomic E-state index is 12.6. The van der Waals surface area contributed by atoms with Gasteiger partial charge in [-0.2, -0.15) is 0 Å². The fourth-order valence-corrected chi connectivity index (χ4v) is 5.14. The second-order valence-electron chi connectivity index (χ2n) is 7.48. The van der Waals surface area contributed by atoms with E-state index < -0.39 is 27.1 Å². The Morgan fingerprint density at radius 2 is 1.86 bits per heavy atom. The van der Waals surface area contributed by atoms with Crippen molar-refractivity contribution in [2.24, 2.45) is 0 Å². The number of hydrogen-bond acceptors (Lipinski definition) is 7. The van der Waals surface area contributed by atoms with Gasteiger partial charge in [-0.15, -0.1) is 0 Å². The molecule has 1 fully saturated rings. The van der Waals surface area contributed by atoms with Gasteiger partial charge in [-0.1, -0.05) is 6.07 Å². The molecule has 10 heteroatoms. The summed E-state index contributed by atoms with van der Waals surface area (Å²) in [6, 6.07) is 1.36. The third kappa shape index (κ3) is 3.82. The predicted octanol–water partition coefficient (Wildman–Crippen LogP) is 0.915. The summed E-state index contributed by atoms with van der Waals surface area (Å²) in [6.07, 6.45) is 5.53. The highest BCUT2D eigenvalue weighted by Gasteiger charge is 2.29. The summed E-state index contributed by atoms with van der Waals surface area (Å²) in [5, 5.41) is 22.3. The minimum Gasteiger partial charge on any atom is -0.475 e. The first-order chi connectivity index (χ1) is 13.9. The van der Waals surface area contributed by atoms with Crippen LogP contribution in [0.3, 0.4) is 0 Å². The number of sulfonamides is 1. The molecule has 2 amide bonds. The highest BCUT2D eigenvalue weighted by Crippen LogP contribution is 2.38. The van der Waals surface area contributed by atoms with Crippen molar-refractivity contribution in [2.75, 3.05) is 18.5 Å². The topological polar surface area (TPSA) is 141 Å². The molecule has 1 aromatic rings. The number of carbonyl (C=O) groups is 1. The maximum atomic E-state index is 12.6. The van der Waals surface area contributed by atoms with Gasteiger partial charge in [-0.05, 0) is 60.8 Å². The van der Waals surface area contributed by atoms with Gasteiger partial charge in [0.15, 0.2) is 4.91 Å². The average molecular weight is 420 g/mol. The van der Waals surface area contributed by atoms with E-state index in [0.717, 1.165) is 55.3 Å². The molecule has 1 saturated heterocycles. The second kappa shape index (κ2) is 7.68. The fourth-order valence-electron chi connectivity index (χ4n) is 4.21. The molecule has 2 aliphatic carbocycles. The lowest BCUT2D eigenvalue weighted by Crippen LogP contribution is -2.41. The normalized spacial score (nSPS) is 22.0. The number of amides is 2. The summed E-state index contributed by atoms with van der Waals surface area (Å²) in [5.41, 5.74) is 5.37. The smallest absolute Gasteiger partial charge is 0.333 e. The van der Waals surface area contributed by atoms with Crippen LogP contribution >= 0.6 is 0 Å². The van der Waals surface area contributed by atoms with Crippen molar-refractivity contribution in [3.05, 3.63) is 39.1 Å². The number of anilines is 1. The lowest BCUT2D eigenvalue weighted by atomic mass is 9.99. The third-order valence-electron chi connectivity index (χ3n) is 5.50. The molecule has 0 saturated carbocycles. The number of ether oxygens (including phenoxy) is 1. The van der Waals surface area contributed by atoms with Crippen molar-refractivity contribution in [3.8, 4) is 0 Å². The molecule has 4 rings (SSSR count). The lowest BCUT2D eigenvalue weighted by molar-refractivity contribution is 0.0330. The van der Waals surface area contributed by atoms with E-state index in [2.05, 4.69) is 16.7 Å². The minimum atomic E-state index is -4.33. The van der Waals surface area contributed by atoms with E-state index >= 15 is 0 Å². The van der Waals surface area contributed by atoms with Crippen LogP contribution in [0.2, 0.25) is 0 Å².